The zero-order chi connectivity index (χ0) is 12.9. The zero-order valence-electron chi connectivity index (χ0n) is 11.3. The first-order valence-electron chi connectivity index (χ1n) is 7.27. The highest BCUT2D eigenvalue weighted by Crippen LogP contribution is 2.43. The van der Waals surface area contributed by atoms with Crippen molar-refractivity contribution in [1.82, 2.24) is 9.80 Å². The summed E-state index contributed by atoms with van der Waals surface area (Å²) in [6, 6.07) is -0.0329. The van der Waals surface area contributed by atoms with E-state index < -0.39 is 0 Å². The maximum absolute atomic E-state index is 12.5. The molecule has 0 bridgehead atoms. The lowest BCUT2D eigenvalue weighted by molar-refractivity contribution is -0.159. The summed E-state index contributed by atoms with van der Waals surface area (Å²) >= 11 is 0. The van der Waals surface area contributed by atoms with Gasteiger partial charge in [0.1, 0.15) is 12.1 Å². The lowest BCUT2D eigenvalue weighted by Crippen LogP contribution is -2.62. The molecule has 0 radical (unpaired) electrons. The van der Waals surface area contributed by atoms with Crippen LogP contribution in [0.25, 0.3) is 0 Å². The van der Waals surface area contributed by atoms with E-state index in [9.17, 15) is 9.59 Å². The Balaban J connectivity index is 1.78. The lowest BCUT2D eigenvalue weighted by Gasteiger charge is -2.41. The predicted octanol–water partition coefficient (Wildman–Crippen LogP) is 1.40. The molecule has 0 N–H and O–H groups in total. The van der Waals surface area contributed by atoms with Gasteiger partial charge in [-0.25, -0.2) is 0 Å². The van der Waals surface area contributed by atoms with Crippen LogP contribution in [-0.4, -0.2) is 46.3 Å². The summed E-state index contributed by atoms with van der Waals surface area (Å²) in [6.07, 6.45) is 5.29. The summed E-state index contributed by atoms with van der Waals surface area (Å²) in [5, 5.41) is 0. The molecule has 1 aliphatic carbocycles. The van der Waals surface area contributed by atoms with Crippen LogP contribution in [0.5, 0.6) is 0 Å². The van der Waals surface area contributed by atoms with Crippen molar-refractivity contribution in [3.63, 3.8) is 0 Å². The van der Waals surface area contributed by atoms with Crippen molar-refractivity contribution in [2.75, 3.05) is 6.54 Å². The molecule has 2 amide bonds. The van der Waals surface area contributed by atoms with E-state index in [2.05, 4.69) is 6.92 Å². The van der Waals surface area contributed by atoms with Gasteiger partial charge in [-0.1, -0.05) is 13.3 Å². The molecule has 100 valence electrons. The van der Waals surface area contributed by atoms with Gasteiger partial charge in [-0.15, -0.1) is 0 Å². The first-order chi connectivity index (χ1) is 8.65. The number of amides is 2. The monoisotopic (exact) mass is 250 g/mol. The average Bonchev–Trinajstić information content (AvgIpc) is 2.92. The Hall–Kier alpha value is -1.06. The number of nitrogens with zero attached hydrogens (tertiary/aromatic N) is 2. The van der Waals surface area contributed by atoms with Crippen molar-refractivity contribution < 1.29 is 9.59 Å². The number of piperazine rings is 1. The molecule has 0 aromatic rings. The number of fused-ring (bicyclic) bond motifs is 1. The van der Waals surface area contributed by atoms with Crippen LogP contribution in [0.2, 0.25) is 0 Å². The van der Waals surface area contributed by atoms with Gasteiger partial charge in [0.2, 0.25) is 11.8 Å². The van der Waals surface area contributed by atoms with Crippen molar-refractivity contribution in [3.8, 4) is 0 Å². The van der Waals surface area contributed by atoms with E-state index in [1.165, 1.54) is 12.8 Å². The van der Waals surface area contributed by atoms with E-state index in [1.54, 1.807) is 4.90 Å². The van der Waals surface area contributed by atoms with Gasteiger partial charge in [-0.3, -0.25) is 9.59 Å². The molecular formula is C14H22N2O2. The number of hydrogen-bond acceptors (Lipinski definition) is 2. The van der Waals surface area contributed by atoms with Crippen LogP contribution < -0.4 is 0 Å². The molecule has 4 atom stereocenters. The molecule has 2 saturated heterocycles. The van der Waals surface area contributed by atoms with Gasteiger partial charge in [0.25, 0.3) is 0 Å². The summed E-state index contributed by atoms with van der Waals surface area (Å²) in [4.78, 5) is 28.5. The molecule has 4 unspecified atom stereocenters. The maximum atomic E-state index is 12.5. The largest absolute Gasteiger partial charge is 0.329 e. The summed E-state index contributed by atoms with van der Waals surface area (Å²) in [5.41, 5.74) is 0. The smallest absolute Gasteiger partial charge is 0.246 e. The topological polar surface area (TPSA) is 40.6 Å². The molecule has 4 nitrogen and oxygen atoms in total. The highest BCUT2D eigenvalue weighted by atomic mass is 16.2. The van der Waals surface area contributed by atoms with Crippen LogP contribution in [0.4, 0.5) is 0 Å². The van der Waals surface area contributed by atoms with Crippen LogP contribution in [0.1, 0.15) is 46.0 Å². The minimum absolute atomic E-state index is 0.142. The molecule has 1 saturated carbocycles. The van der Waals surface area contributed by atoms with Crippen molar-refractivity contribution in [3.05, 3.63) is 0 Å². The van der Waals surface area contributed by atoms with E-state index in [0.29, 0.717) is 12.0 Å². The highest BCUT2D eigenvalue weighted by Gasteiger charge is 2.53. The Morgan fingerprint density at radius 1 is 1.28 bits per heavy atom. The maximum Gasteiger partial charge on any atom is 0.246 e. The second-order valence-corrected chi connectivity index (χ2v) is 5.96. The third-order valence-electron chi connectivity index (χ3n) is 4.75. The van der Waals surface area contributed by atoms with Gasteiger partial charge in [-0.05, 0) is 38.5 Å². The second-order valence-electron chi connectivity index (χ2n) is 5.96. The van der Waals surface area contributed by atoms with E-state index in [4.69, 9.17) is 0 Å². The van der Waals surface area contributed by atoms with Crippen molar-refractivity contribution >= 4 is 11.8 Å². The molecule has 0 spiro atoms. The fourth-order valence-electron chi connectivity index (χ4n) is 3.71. The van der Waals surface area contributed by atoms with Crippen molar-refractivity contribution in [2.24, 2.45) is 5.92 Å². The molecule has 3 fully saturated rings. The van der Waals surface area contributed by atoms with Crippen LogP contribution in [0, 0.1) is 5.92 Å². The fraction of sp³-hybridized carbons (Fsp3) is 0.857. The normalized spacial score (nSPS) is 39.2. The van der Waals surface area contributed by atoms with Gasteiger partial charge >= 0.3 is 0 Å². The first-order valence-corrected chi connectivity index (χ1v) is 7.27. The number of rotatable bonds is 3. The van der Waals surface area contributed by atoms with E-state index in [1.807, 2.05) is 11.8 Å². The Morgan fingerprint density at radius 2 is 2.06 bits per heavy atom. The number of carbonyl (C=O) groups is 2. The molecule has 0 aromatic carbocycles. The molecule has 2 aliphatic heterocycles. The summed E-state index contributed by atoms with van der Waals surface area (Å²) in [7, 11) is 0. The van der Waals surface area contributed by atoms with Crippen LogP contribution in [0.3, 0.4) is 0 Å². The predicted molar refractivity (Wildman–Crippen MR) is 67.8 cm³/mol. The summed E-state index contributed by atoms with van der Waals surface area (Å²) in [6.45, 7) is 4.85. The fourth-order valence-corrected chi connectivity index (χ4v) is 3.71. The quantitative estimate of drug-likeness (QED) is 0.759. The molecule has 2 heterocycles. The number of carbonyl (C=O) groups excluding carboxylic acids is 2. The Kier molecular flexibility index (Phi) is 2.83. The molecular weight excluding hydrogens is 228 g/mol. The summed E-state index contributed by atoms with van der Waals surface area (Å²) < 4.78 is 0. The lowest BCUT2D eigenvalue weighted by atomic mass is 10.1. The van der Waals surface area contributed by atoms with Gasteiger partial charge < -0.3 is 9.80 Å². The van der Waals surface area contributed by atoms with Gasteiger partial charge in [0.15, 0.2) is 0 Å². The Labute approximate surface area is 108 Å². The standard InChI is InChI=1S/C14H22N2O2/c1-3-5-10-8-12(10)16-9(2)13(17)15-7-4-6-11(15)14(16)18/h9-12H,3-8H2,1-2H3. The van der Waals surface area contributed by atoms with Gasteiger partial charge in [0.05, 0.1) is 0 Å². The SMILES string of the molecule is CCCC1CC1N1C(=O)C2CCCN2C(=O)C1C. The van der Waals surface area contributed by atoms with Crippen LogP contribution in [0.15, 0.2) is 0 Å². The molecule has 18 heavy (non-hydrogen) atoms. The van der Waals surface area contributed by atoms with Crippen molar-refractivity contribution in [1.29, 1.82) is 0 Å². The average molecular weight is 250 g/mol. The minimum Gasteiger partial charge on any atom is -0.329 e. The first kappa shape index (κ1) is 12.0. The van der Waals surface area contributed by atoms with Crippen LogP contribution >= 0.6 is 0 Å². The molecule has 4 heteroatoms. The summed E-state index contributed by atoms with van der Waals surface area (Å²) in [5.74, 6) is 1.02. The van der Waals surface area contributed by atoms with E-state index in [-0.39, 0.29) is 23.9 Å². The molecule has 3 rings (SSSR count). The van der Waals surface area contributed by atoms with Gasteiger partial charge in [0, 0.05) is 12.6 Å². The molecule has 0 aromatic heterocycles. The molecule has 3 aliphatic rings. The Bertz CT molecular complexity index is 382. The second kappa shape index (κ2) is 4.25. The third-order valence-corrected chi connectivity index (χ3v) is 4.75. The van der Waals surface area contributed by atoms with Gasteiger partial charge in [-0.2, -0.15) is 0 Å². The van der Waals surface area contributed by atoms with E-state index >= 15 is 0 Å². The highest BCUT2D eigenvalue weighted by molar-refractivity contribution is 5.97. The van der Waals surface area contributed by atoms with Crippen LogP contribution in [-0.2, 0) is 9.59 Å². The van der Waals surface area contributed by atoms with E-state index in [0.717, 1.165) is 25.8 Å². The Morgan fingerprint density at radius 3 is 2.78 bits per heavy atom. The minimum atomic E-state index is -0.237. The van der Waals surface area contributed by atoms with Crippen molar-refractivity contribution in [2.45, 2.75) is 64.1 Å². The number of hydrogen-bond donors (Lipinski definition) is 0. The zero-order valence-corrected chi connectivity index (χ0v) is 11.3. The third kappa shape index (κ3) is 1.65.